The van der Waals surface area contributed by atoms with Crippen LogP contribution in [-0.4, -0.2) is 70.9 Å². The summed E-state index contributed by atoms with van der Waals surface area (Å²) >= 11 is 0. The number of carbonyl (C=O) groups excluding carboxylic acids is 1. The zero-order valence-electron chi connectivity index (χ0n) is 17.1. The highest BCUT2D eigenvalue weighted by molar-refractivity contribution is 5.80. The molecule has 2 aliphatic heterocycles. The van der Waals surface area contributed by atoms with Crippen molar-refractivity contribution in [2.24, 2.45) is 0 Å². The first-order valence-corrected chi connectivity index (χ1v) is 11.4. The van der Waals surface area contributed by atoms with E-state index in [1.165, 1.54) is 48.7 Å². The highest BCUT2D eigenvalue weighted by Gasteiger charge is 2.31. The maximum absolute atomic E-state index is 12.9. The molecule has 4 aliphatic rings. The number of hydrogen-bond acceptors (Lipinski definition) is 5. The van der Waals surface area contributed by atoms with Gasteiger partial charge in [-0.15, -0.1) is 0 Å². The number of furan rings is 1. The van der Waals surface area contributed by atoms with Gasteiger partial charge in [-0.3, -0.25) is 14.6 Å². The van der Waals surface area contributed by atoms with E-state index in [4.69, 9.17) is 9.40 Å². The van der Waals surface area contributed by atoms with Crippen molar-refractivity contribution in [1.29, 1.82) is 0 Å². The second-order valence-electron chi connectivity index (χ2n) is 9.33. The predicted molar refractivity (Wildman–Crippen MR) is 111 cm³/mol. The lowest BCUT2D eigenvalue weighted by atomic mass is 9.91. The lowest BCUT2D eigenvalue weighted by Crippen LogP contribution is -2.55. The van der Waals surface area contributed by atoms with E-state index >= 15 is 0 Å². The van der Waals surface area contributed by atoms with E-state index < -0.39 is 0 Å². The van der Waals surface area contributed by atoms with Crippen LogP contribution in [0.25, 0.3) is 11.1 Å². The fraction of sp³-hybridized carbons (Fsp3) is 0.652. The number of rotatable bonds is 4. The maximum atomic E-state index is 12.9. The lowest BCUT2D eigenvalue weighted by molar-refractivity contribution is -0.135. The van der Waals surface area contributed by atoms with Gasteiger partial charge in [0.05, 0.1) is 13.1 Å². The van der Waals surface area contributed by atoms with Gasteiger partial charge in [0, 0.05) is 61.3 Å². The van der Waals surface area contributed by atoms with E-state index in [0.717, 1.165) is 63.2 Å². The van der Waals surface area contributed by atoms with Crippen molar-refractivity contribution in [2.75, 3.05) is 39.3 Å². The molecule has 1 amide bonds. The Hall–Kier alpha value is -1.92. The standard InChI is InChI=1S/C23H30N4O2/c28-22(27-12-10-26(11-13-27)17-2-1-3-17)15-25-9-8-18-19-6-7-20(16-4-5-16)24-23(19)29-21(18)14-25/h6-7,16-17H,1-5,8-15H2. The van der Waals surface area contributed by atoms with Gasteiger partial charge in [-0.2, -0.15) is 0 Å². The van der Waals surface area contributed by atoms with Gasteiger partial charge in [0.15, 0.2) is 0 Å². The number of carbonyl (C=O) groups is 1. The third-order valence-electron chi connectivity index (χ3n) is 7.42. The van der Waals surface area contributed by atoms with Crippen LogP contribution in [0.15, 0.2) is 16.5 Å². The predicted octanol–water partition coefficient (Wildman–Crippen LogP) is 2.76. The van der Waals surface area contributed by atoms with E-state index in [9.17, 15) is 4.79 Å². The number of pyridine rings is 1. The van der Waals surface area contributed by atoms with Gasteiger partial charge in [0.25, 0.3) is 0 Å². The minimum atomic E-state index is 0.270. The summed E-state index contributed by atoms with van der Waals surface area (Å²) in [7, 11) is 0. The molecule has 2 aromatic heterocycles. The number of hydrogen-bond donors (Lipinski definition) is 0. The molecule has 6 nitrogen and oxygen atoms in total. The summed E-state index contributed by atoms with van der Waals surface area (Å²) in [5, 5.41) is 1.17. The van der Waals surface area contributed by atoms with E-state index in [1.54, 1.807) is 0 Å². The van der Waals surface area contributed by atoms with Gasteiger partial charge in [-0.05, 0) is 44.2 Å². The maximum Gasteiger partial charge on any atom is 0.236 e. The van der Waals surface area contributed by atoms with Crippen LogP contribution < -0.4 is 0 Å². The Bertz CT molecular complexity index is 922. The number of aromatic nitrogens is 1. The lowest BCUT2D eigenvalue weighted by Gasteiger charge is -2.43. The van der Waals surface area contributed by atoms with Gasteiger partial charge in [0.1, 0.15) is 5.76 Å². The normalized spacial score (nSPS) is 23.9. The topological polar surface area (TPSA) is 52.8 Å². The Morgan fingerprint density at radius 1 is 1.07 bits per heavy atom. The Morgan fingerprint density at radius 3 is 2.62 bits per heavy atom. The summed E-state index contributed by atoms with van der Waals surface area (Å²) < 4.78 is 6.14. The summed E-state index contributed by atoms with van der Waals surface area (Å²) in [5.41, 5.74) is 3.27. The quantitative estimate of drug-likeness (QED) is 0.798. The van der Waals surface area contributed by atoms with Crippen LogP contribution in [-0.2, 0) is 17.8 Å². The second-order valence-corrected chi connectivity index (χ2v) is 9.33. The summed E-state index contributed by atoms with van der Waals surface area (Å²) in [5.74, 6) is 1.92. The average molecular weight is 395 g/mol. The molecular weight excluding hydrogens is 364 g/mol. The first-order chi connectivity index (χ1) is 14.2. The number of amides is 1. The van der Waals surface area contributed by atoms with Crippen molar-refractivity contribution in [3.63, 3.8) is 0 Å². The van der Waals surface area contributed by atoms with Gasteiger partial charge < -0.3 is 9.32 Å². The molecule has 2 saturated carbocycles. The van der Waals surface area contributed by atoms with Crippen LogP contribution in [0, 0.1) is 0 Å². The summed E-state index contributed by atoms with van der Waals surface area (Å²) in [6.07, 6.45) is 7.51. The van der Waals surface area contributed by atoms with Crippen LogP contribution in [0.4, 0.5) is 0 Å². The van der Waals surface area contributed by atoms with Crippen LogP contribution in [0.2, 0.25) is 0 Å². The molecule has 4 heterocycles. The van der Waals surface area contributed by atoms with E-state index in [1.807, 2.05) is 0 Å². The molecule has 6 rings (SSSR count). The highest BCUT2D eigenvalue weighted by Crippen LogP contribution is 2.40. The third kappa shape index (κ3) is 3.36. The fourth-order valence-corrected chi connectivity index (χ4v) is 5.17. The largest absolute Gasteiger partial charge is 0.441 e. The van der Waals surface area contributed by atoms with Crippen LogP contribution >= 0.6 is 0 Å². The molecule has 3 fully saturated rings. The van der Waals surface area contributed by atoms with Crippen molar-refractivity contribution in [1.82, 2.24) is 19.7 Å². The molecule has 0 unspecified atom stereocenters. The molecular formula is C23H30N4O2. The Morgan fingerprint density at radius 2 is 1.90 bits per heavy atom. The fourth-order valence-electron chi connectivity index (χ4n) is 5.17. The van der Waals surface area contributed by atoms with Crippen LogP contribution in [0.5, 0.6) is 0 Å². The second kappa shape index (κ2) is 7.10. The number of piperazine rings is 1. The SMILES string of the molecule is O=C(CN1CCc2c(oc3nc(C4CC4)ccc23)C1)N1CCN(C2CCC2)CC1. The molecule has 6 heteroatoms. The van der Waals surface area contributed by atoms with Crippen LogP contribution in [0.1, 0.15) is 55.0 Å². The Labute approximate surface area is 171 Å². The monoisotopic (exact) mass is 394 g/mol. The zero-order valence-corrected chi connectivity index (χ0v) is 17.1. The van der Waals surface area contributed by atoms with Gasteiger partial charge >= 0.3 is 0 Å². The molecule has 2 aromatic rings. The minimum absolute atomic E-state index is 0.270. The summed E-state index contributed by atoms with van der Waals surface area (Å²) in [6.45, 7) is 5.98. The first kappa shape index (κ1) is 17.9. The number of nitrogens with zero attached hydrogens (tertiary/aromatic N) is 4. The number of fused-ring (bicyclic) bond motifs is 3. The van der Waals surface area contributed by atoms with Crippen LogP contribution in [0.3, 0.4) is 0 Å². The molecule has 1 saturated heterocycles. The van der Waals surface area contributed by atoms with E-state index in [2.05, 4.69) is 26.8 Å². The minimum Gasteiger partial charge on any atom is -0.441 e. The van der Waals surface area contributed by atoms with Gasteiger partial charge in [0.2, 0.25) is 11.6 Å². The Balaban J connectivity index is 1.09. The van der Waals surface area contributed by atoms with Crippen molar-refractivity contribution < 1.29 is 9.21 Å². The first-order valence-electron chi connectivity index (χ1n) is 11.4. The smallest absolute Gasteiger partial charge is 0.236 e. The zero-order chi connectivity index (χ0) is 19.4. The summed E-state index contributed by atoms with van der Waals surface area (Å²) in [6, 6.07) is 5.16. The van der Waals surface area contributed by atoms with Crippen molar-refractivity contribution in [3.05, 3.63) is 29.2 Å². The molecule has 154 valence electrons. The Kier molecular flexibility index (Phi) is 4.38. The molecule has 2 aliphatic carbocycles. The van der Waals surface area contributed by atoms with Gasteiger partial charge in [-0.1, -0.05) is 6.42 Å². The van der Waals surface area contributed by atoms with Crippen molar-refractivity contribution in [3.8, 4) is 0 Å². The molecule has 0 spiro atoms. The van der Waals surface area contributed by atoms with E-state index in [0.29, 0.717) is 12.5 Å². The molecule has 29 heavy (non-hydrogen) atoms. The average Bonchev–Trinajstić information content (AvgIpc) is 3.48. The van der Waals surface area contributed by atoms with Gasteiger partial charge in [-0.25, -0.2) is 4.98 Å². The van der Waals surface area contributed by atoms with Crippen molar-refractivity contribution >= 4 is 17.0 Å². The third-order valence-corrected chi connectivity index (χ3v) is 7.42. The van der Waals surface area contributed by atoms with E-state index in [-0.39, 0.29) is 5.91 Å². The molecule has 0 atom stereocenters. The molecule has 0 N–H and O–H groups in total. The van der Waals surface area contributed by atoms with Crippen molar-refractivity contribution in [2.45, 2.75) is 57.0 Å². The highest BCUT2D eigenvalue weighted by atomic mass is 16.3. The molecule has 0 radical (unpaired) electrons. The molecule has 0 aromatic carbocycles. The summed E-state index contributed by atoms with van der Waals surface area (Å²) in [4.78, 5) is 24.5. The molecule has 0 bridgehead atoms.